The van der Waals surface area contributed by atoms with Gasteiger partial charge in [0.05, 0.1) is 5.56 Å². The van der Waals surface area contributed by atoms with Gasteiger partial charge in [-0.05, 0) is 68.1 Å². The topological polar surface area (TPSA) is 68.4 Å². The Morgan fingerprint density at radius 2 is 1.97 bits per heavy atom. The Bertz CT molecular complexity index is 1100. The second kappa shape index (κ2) is 8.06. The van der Waals surface area contributed by atoms with E-state index in [1.807, 2.05) is 12.1 Å². The summed E-state index contributed by atoms with van der Waals surface area (Å²) in [5.74, 6) is 0.603. The third-order valence-electron chi connectivity index (χ3n) is 6.53. The summed E-state index contributed by atoms with van der Waals surface area (Å²) in [6, 6.07) is 12.5. The maximum atomic E-state index is 12.4. The third kappa shape index (κ3) is 3.62. The van der Waals surface area contributed by atoms with Gasteiger partial charge in [0.25, 0.3) is 5.91 Å². The molecule has 2 aromatic carbocycles. The molecule has 0 aliphatic carbocycles. The maximum Gasteiger partial charge on any atom is 0.252 e. The van der Waals surface area contributed by atoms with Crippen LogP contribution in [0.15, 0.2) is 36.4 Å². The van der Waals surface area contributed by atoms with E-state index in [1.54, 1.807) is 0 Å². The lowest BCUT2D eigenvalue weighted by Gasteiger charge is -2.31. The second-order valence-corrected chi connectivity index (χ2v) is 8.87. The van der Waals surface area contributed by atoms with E-state index in [0.717, 1.165) is 53.8 Å². The van der Waals surface area contributed by atoms with Gasteiger partial charge in [-0.3, -0.25) is 9.69 Å². The molecule has 0 bridgehead atoms. The van der Waals surface area contributed by atoms with Crippen LogP contribution < -0.4 is 5.32 Å². The average molecular weight is 424 g/mol. The van der Waals surface area contributed by atoms with E-state index in [4.69, 9.17) is 16.7 Å². The van der Waals surface area contributed by atoms with Gasteiger partial charge in [0.1, 0.15) is 0 Å². The van der Waals surface area contributed by atoms with Gasteiger partial charge in [0, 0.05) is 52.4 Å². The summed E-state index contributed by atoms with van der Waals surface area (Å²) in [6.07, 6.45) is 3.26. The Morgan fingerprint density at radius 1 is 1.13 bits per heavy atom. The zero-order valence-electron chi connectivity index (χ0n) is 16.9. The molecule has 0 unspecified atom stereocenters. The molecule has 1 fully saturated rings. The second-order valence-electron chi connectivity index (χ2n) is 8.47. The molecule has 5 rings (SSSR count). The summed E-state index contributed by atoms with van der Waals surface area (Å²) < 4.78 is 0. The number of aliphatic hydroxyl groups excluding tert-OH is 1. The molecular weight excluding hydrogens is 398 g/mol. The van der Waals surface area contributed by atoms with Gasteiger partial charge in [-0.15, -0.1) is 0 Å². The number of rotatable bonds is 5. The van der Waals surface area contributed by atoms with E-state index in [9.17, 15) is 4.79 Å². The van der Waals surface area contributed by atoms with Crippen molar-refractivity contribution in [2.24, 2.45) is 5.92 Å². The number of H-pyrrole nitrogens is 1. The Labute approximate surface area is 181 Å². The van der Waals surface area contributed by atoms with Gasteiger partial charge in [0.2, 0.25) is 0 Å². The molecule has 0 radical (unpaired) electrons. The van der Waals surface area contributed by atoms with E-state index in [2.05, 4.69) is 39.5 Å². The van der Waals surface area contributed by atoms with Crippen LogP contribution in [0.5, 0.6) is 0 Å². The van der Waals surface area contributed by atoms with Crippen molar-refractivity contribution in [3.8, 4) is 11.3 Å². The number of halogens is 1. The minimum atomic E-state index is -0.0635. The van der Waals surface area contributed by atoms with Crippen LogP contribution in [-0.2, 0) is 13.1 Å². The van der Waals surface area contributed by atoms with Crippen molar-refractivity contribution in [1.29, 1.82) is 0 Å². The van der Waals surface area contributed by atoms with Crippen LogP contribution in [0.4, 0.5) is 0 Å². The smallest absolute Gasteiger partial charge is 0.252 e. The van der Waals surface area contributed by atoms with Crippen molar-refractivity contribution in [3.63, 3.8) is 0 Å². The summed E-state index contributed by atoms with van der Waals surface area (Å²) in [5.41, 5.74) is 5.76. The van der Waals surface area contributed by atoms with Crippen molar-refractivity contribution >= 4 is 28.4 Å². The standard InChI is InChI=1S/C24H26ClN3O2/c25-20-3-2-18(23-19(20)13-26-24(23)30)22-12-17-11-16(1-4-21(17)27-22)14-28-8-5-15(6-9-28)7-10-29/h1-4,11-12,15,27,29H,5-10,13-14H2,(H,26,30). The fourth-order valence-corrected chi connectivity index (χ4v) is 5.06. The Balaban J connectivity index is 1.38. The van der Waals surface area contributed by atoms with Crippen LogP contribution in [-0.4, -0.2) is 40.6 Å². The average Bonchev–Trinajstić information content (AvgIpc) is 3.34. The third-order valence-corrected chi connectivity index (χ3v) is 6.89. The fraction of sp³-hybridized carbons (Fsp3) is 0.375. The first kappa shape index (κ1) is 19.6. The Morgan fingerprint density at radius 3 is 2.77 bits per heavy atom. The number of benzene rings is 2. The first-order valence-corrected chi connectivity index (χ1v) is 11.0. The molecule has 156 valence electrons. The fourth-order valence-electron chi connectivity index (χ4n) is 4.84. The molecule has 1 aromatic heterocycles. The SMILES string of the molecule is O=C1NCc2c(Cl)ccc(-c3cc4cc(CN5CCC(CCO)CC5)ccc4[nH]3)c21. The van der Waals surface area contributed by atoms with Crippen molar-refractivity contribution < 1.29 is 9.90 Å². The Kier molecular flexibility index (Phi) is 5.27. The predicted molar refractivity (Wildman–Crippen MR) is 120 cm³/mol. The van der Waals surface area contributed by atoms with Gasteiger partial charge in [0.15, 0.2) is 0 Å². The summed E-state index contributed by atoms with van der Waals surface area (Å²) in [6.45, 7) is 3.91. The number of aromatic nitrogens is 1. The highest BCUT2D eigenvalue weighted by Crippen LogP contribution is 2.35. The minimum Gasteiger partial charge on any atom is -0.396 e. The molecule has 1 amide bonds. The monoisotopic (exact) mass is 423 g/mol. The lowest BCUT2D eigenvalue weighted by atomic mass is 9.93. The molecule has 0 atom stereocenters. The number of piperidine rings is 1. The van der Waals surface area contributed by atoms with Gasteiger partial charge < -0.3 is 15.4 Å². The van der Waals surface area contributed by atoms with Crippen molar-refractivity contribution in [3.05, 3.63) is 58.1 Å². The number of hydrogen-bond acceptors (Lipinski definition) is 3. The van der Waals surface area contributed by atoms with Gasteiger partial charge in [-0.2, -0.15) is 0 Å². The van der Waals surface area contributed by atoms with Gasteiger partial charge in [-0.25, -0.2) is 0 Å². The lowest BCUT2D eigenvalue weighted by Crippen LogP contribution is -2.33. The molecule has 3 N–H and O–H groups in total. The van der Waals surface area contributed by atoms with Crippen LogP contribution in [0.2, 0.25) is 5.02 Å². The normalized spacial score (nSPS) is 17.5. The first-order chi connectivity index (χ1) is 14.6. The number of carbonyl (C=O) groups excluding carboxylic acids is 1. The first-order valence-electron chi connectivity index (χ1n) is 10.7. The van der Waals surface area contributed by atoms with Crippen LogP contribution >= 0.6 is 11.6 Å². The maximum absolute atomic E-state index is 12.4. The van der Waals surface area contributed by atoms with Crippen molar-refractivity contribution in [1.82, 2.24) is 15.2 Å². The van der Waals surface area contributed by atoms with Crippen LogP contribution in [0.3, 0.4) is 0 Å². The molecule has 5 nitrogen and oxygen atoms in total. The largest absolute Gasteiger partial charge is 0.396 e. The van der Waals surface area contributed by atoms with E-state index in [1.165, 1.54) is 18.4 Å². The molecule has 2 aliphatic heterocycles. The molecular formula is C24H26ClN3O2. The summed E-state index contributed by atoms with van der Waals surface area (Å²) in [5, 5.41) is 13.8. The summed E-state index contributed by atoms with van der Waals surface area (Å²) in [7, 11) is 0. The number of fused-ring (bicyclic) bond motifs is 2. The highest BCUT2D eigenvalue weighted by molar-refractivity contribution is 6.32. The number of aliphatic hydroxyl groups is 1. The van der Waals surface area contributed by atoms with E-state index < -0.39 is 0 Å². The van der Waals surface area contributed by atoms with Gasteiger partial charge >= 0.3 is 0 Å². The van der Waals surface area contributed by atoms with Crippen LogP contribution in [0.25, 0.3) is 22.2 Å². The highest BCUT2D eigenvalue weighted by atomic mass is 35.5. The molecule has 0 saturated carbocycles. The van der Waals surface area contributed by atoms with Gasteiger partial charge in [-0.1, -0.05) is 23.7 Å². The lowest BCUT2D eigenvalue weighted by molar-refractivity contribution is 0.0966. The summed E-state index contributed by atoms with van der Waals surface area (Å²) in [4.78, 5) is 18.3. The zero-order valence-corrected chi connectivity index (χ0v) is 17.6. The zero-order chi connectivity index (χ0) is 20.7. The molecule has 3 aromatic rings. The molecule has 1 saturated heterocycles. The Hall–Kier alpha value is -2.34. The number of amides is 1. The highest BCUT2D eigenvalue weighted by Gasteiger charge is 2.26. The number of carbonyl (C=O) groups is 1. The van der Waals surface area contributed by atoms with Crippen molar-refractivity contribution in [2.75, 3.05) is 19.7 Å². The molecule has 30 heavy (non-hydrogen) atoms. The quantitative estimate of drug-likeness (QED) is 0.572. The van der Waals surface area contributed by atoms with E-state index in [0.29, 0.717) is 29.7 Å². The number of hydrogen-bond donors (Lipinski definition) is 3. The number of likely N-dealkylation sites (tertiary alicyclic amines) is 1. The van der Waals surface area contributed by atoms with Crippen molar-refractivity contribution in [2.45, 2.75) is 32.4 Å². The number of aromatic amines is 1. The molecule has 6 heteroatoms. The number of nitrogens with one attached hydrogen (secondary N) is 2. The van der Waals surface area contributed by atoms with Crippen LogP contribution in [0.1, 0.15) is 40.7 Å². The van der Waals surface area contributed by atoms with E-state index in [-0.39, 0.29) is 5.91 Å². The van der Waals surface area contributed by atoms with E-state index >= 15 is 0 Å². The predicted octanol–water partition coefficient (Wildman–Crippen LogP) is 4.33. The number of nitrogens with zero attached hydrogens (tertiary/aromatic N) is 1. The summed E-state index contributed by atoms with van der Waals surface area (Å²) >= 11 is 6.29. The molecule has 2 aliphatic rings. The minimum absolute atomic E-state index is 0.0635. The van der Waals surface area contributed by atoms with Crippen LogP contribution in [0, 0.1) is 5.92 Å². The molecule has 0 spiro atoms. The molecule has 3 heterocycles.